The maximum atomic E-state index is 8.00. The molecule has 5 nitrogen and oxygen atoms in total. The van der Waals surface area contributed by atoms with E-state index in [9.17, 15) is 0 Å². The molecule has 1 aromatic rings. The van der Waals surface area contributed by atoms with Gasteiger partial charge in [-0.1, -0.05) is 6.07 Å². The number of aromatic nitrogens is 1. The first-order valence-electron chi connectivity index (χ1n) is 3.00. The molecule has 0 bridgehead atoms. The predicted octanol–water partition coefficient (Wildman–Crippen LogP) is 0.339. The van der Waals surface area contributed by atoms with Gasteiger partial charge in [0.1, 0.15) is 27.2 Å². The van der Waals surface area contributed by atoms with Gasteiger partial charge in [-0.05, 0) is 12.1 Å². The first-order chi connectivity index (χ1) is 7.00. The maximum Gasteiger partial charge on any atom is 0.106 e. The van der Waals surface area contributed by atoms with Crippen molar-refractivity contribution in [2.45, 2.75) is 0 Å². The van der Waals surface area contributed by atoms with E-state index in [1.807, 2.05) is 45.4 Å². The second kappa shape index (κ2) is 84.3. The molecule has 6 heteroatoms. The minimum atomic E-state index is 0. The van der Waals surface area contributed by atoms with Gasteiger partial charge in [0.05, 0.1) is 0 Å². The van der Waals surface area contributed by atoms with Crippen molar-refractivity contribution in [3.05, 3.63) is 30.6 Å². The summed E-state index contributed by atoms with van der Waals surface area (Å²) in [5, 5.41) is 0. The Hall–Kier alpha value is -1.66. The van der Waals surface area contributed by atoms with Gasteiger partial charge >= 0.3 is 0 Å². The van der Waals surface area contributed by atoms with Gasteiger partial charge in [-0.25, -0.2) is 0 Å². The first kappa shape index (κ1) is 29.2. The van der Waals surface area contributed by atoms with Crippen molar-refractivity contribution in [1.82, 2.24) is 4.98 Å². The van der Waals surface area contributed by atoms with Gasteiger partial charge < -0.3 is 19.2 Å². The van der Waals surface area contributed by atoms with E-state index < -0.39 is 0 Å². The predicted molar refractivity (Wildman–Crippen MR) is 52.7 cm³/mol. The van der Waals surface area contributed by atoms with Crippen LogP contribution in [0.2, 0.25) is 0 Å². The third kappa shape index (κ3) is 70.1. The molecule has 0 atom stereocenters. The van der Waals surface area contributed by atoms with Crippen LogP contribution in [-0.4, -0.2) is 32.1 Å². The molecular weight excluding hydrogens is 245 g/mol. The van der Waals surface area contributed by atoms with Gasteiger partial charge in [-0.3, -0.25) is 4.98 Å². The Labute approximate surface area is 99.1 Å². The van der Waals surface area contributed by atoms with Crippen molar-refractivity contribution < 1.29 is 36.0 Å². The van der Waals surface area contributed by atoms with Crippen LogP contribution in [0.5, 0.6) is 0 Å². The van der Waals surface area contributed by atoms with Crippen LogP contribution < -0.4 is 0 Å². The normalized spacial score (nSPS) is 4.27. The van der Waals surface area contributed by atoms with Crippen LogP contribution >= 0.6 is 0 Å². The minimum Gasteiger partial charge on any atom is -0.307 e. The minimum absolute atomic E-state index is 0. The van der Waals surface area contributed by atoms with E-state index in [2.05, 4.69) is 4.98 Å². The molecule has 0 unspecified atom stereocenters. The summed E-state index contributed by atoms with van der Waals surface area (Å²) in [5.74, 6) is 0. The molecule has 0 spiro atoms. The first-order valence-corrected chi connectivity index (χ1v) is 3.00. The van der Waals surface area contributed by atoms with E-state index >= 15 is 0 Å². The molecule has 0 saturated heterocycles. The van der Waals surface area contributed by atoms with Crippen LogP contribution in [0, 0.1) is 0 Å². The van der Waals surface area contributed by atoms with Crippen LogP contribution in [0.3, 0.4) is 0 Å². The maximum absolute atomic E-state index is 8.00. The number of hydrogen-bond acceptors (Lipinski definition) is 5. The van der Waals surface area contributed by atoms with E-state index in [0.717, 1.165) is 0 Å². The molecular formula is C9H13CoNO4. The Morgan fingerprint density at radius 2 is 0.867 bits per heavy atom. The van der Waals surface area contributed by atoms with E-state index in [1.165, 1.54) is 0 Å². The smallest absolute Gasteiger partial charge is 0.106 e. The summed E-state index contributed by atoms with van der Waals surface area (Å²) in [6.07, 6.45) is 3.50. The van der Waals surface area contributed by atoms with Crippen molar-refractivity contribution in [2.24, 2.45) is 0 Å². The molecule has 0 aliphatic carbocycles. The Kier molecular flexibility index (Phi) is 164. The average Bonchev–Trinajstić information content (AvgIpc) is 2.41. The molecule has 0 saturated carbocycles. The van der Waals surface area contributed by atoms with Gasteiger partial charge in [0.25, 0.3) is 0 Å². The summed E-state index contributed by atoms with van der Waals surface area (Å²) >= 11 is 0. The second-order valence-electron chi connectivity index (χ2n) is 1.02. The van der Waals surface area contributed by atoms with Crippen molar-refractivity contribution in [1.29, 1.82) is 0 Å². The molecule has 0 aliphatic heterocycles. The summed E-state index contributed by atoms with van der Waals surface area (Å²) in [4.78, 5) is 35.8. The Balaban J connectivity index is -0.0000000325. The van der Waals surface area contributed by atoms with E-state index in [4.69, 9.17) is 19.2 Å². The van der Waals surface area contributed by atoms with Crippen molar-refractivity contribution >= 4 is 27.2 Å². The molecule has 1 aromatic heterocycles. The van der Waals surface area contributed by atoms with Gasteiger partial charge in [-0.2, -0.15) is 0 Å². The molecule has 15 heavy (non-hydrogen) atoms. The number of carbonyl (C=O) groups is 4. The molecule has 1 rings (SSSR count). The zero-order valence-electron chi connectivity index (χ0n) is 8.13. The fourth-order valence-corrected chi connectivity index (χ4v) is 0.313. The standard InChI is InChI=1S/C5H5N.4CH2O.Co/c1-2-4-6-5-3-1;4*1-2;/h1-5H;4*1H2;. The number of rotatable bonds is 0. The van der Waals surface area contributed by atoms with Gasteiger partial charge in [0, 0.05) is 29.2 Å². The monoisotopic (exact) mass is 258 g/mol. The molecule has 1 heterocycles. The van der Waals surface area contributed by atoms with Crippen LogP contribution in [0.15, 0.2) is 30.6 Å². The zero-order valence-corrected chi connectivity index (χ0v) is 9.17. The summed E-state index contributed by atoms with van der Waals surface area (Å²) in [5.41, 5.74) is 0. The molecule has 0 fully saturated rings. The average molecular weight is 258 g/mol. The Morgan fingerprint density at radius 1 is 0.600 bits per heavy atom. The number of carbonyl (C=O) groups excluding carboxylic acids is 4. The third-order valence-electron chi connectivity index (χ3n) is 0.566. The fourth-order valence-electron chi connectivity index (χ4n) is 0.313. The van der Waals surface area contributed by atoms with Crippen LogP contribution in [-0.2, 0) is 36.0 Å². The largest absolute Gasteiger partial charge is 0.307 e. The summed E-state index contributed by atoms with van der Waals surface area (Å²) in [6, 6.07) is 5.72. The SMILES string of the molecule is C=O.C=O.C=O.C=O.[Co].c1ccncc1. The second-order valence-corrected chi connectivity index (χ2v) is 1.02. The topological polar surface area (TPSA) is 81.2 Å². The van der Waals surface area contributed by atoms with E-state index in [-0.39, 0.29) is 16.8 Å². The molecule has 0 aromatic carbocycles. The Morgan fingerprint density at radius 3 is 0.933 bits per heavy atom. The van der Waals surface area contributed by atoms with E-state index in [0.29, 0.717) is 0 Å². The van der Waals surface area contributed by atoms with Crippen molar-refractivity contribution in [3.63, 3.8) is 0 Å². The molecule has 87 valence electrons. The molecule has 0 N–H and O–H groups in total. The van der Waals surface area contributed by atoms with Crippen molar-refractivity contribution in [3.8, 4) is 0 Å². The third-order valence-corrected chi connectivity index (χ3v) is 0.566. The summed E-state index contributed by atoms with van der Waals surface area (Å²) in [6.45, 7) is 8.00. The summed E-state index contributed by atoms with van der Waals surface area (Å²) in [7, 11) is 0. The van der Waals surface area contributed by atoms with Gasteiger partial charge in [0.2, 0.25) is 0 Å². The number of hydrogen-bond donors (Lipinski definition) is 0. The van der Waals surface area contributed by atoms with Gasteiger partial charge in [-0.15, -0.1) is 0 Å². The fraction of sp³-hybridized carbons (Fsp3) is 0. The van der Waals surface area contributed by atoms with Gasteiger partial charge in [0.15, 0.2) is 0 Å². The quantitative estimate of drug-likeness (QED) is 0.670. The number of pyridine rings is 1. The Bertz CT molecular complexity index is 131. The van der Waals surface area contributed by atoms with Crippen LogP contribution in [0.4, 0.5) is 0 Å². The molecule has 1 radical (unpaired) electrons. The number of nitrogens with zero attached hydrogens (tertiary/aromatic N) is 1. The van der Waals surface area contributed by atoms with E-state index in [1.54, 1.807) is 12.4 Å². The zero-order chi connectivity index (χ0) is 12.2. The molecule has 0 amide bonds. The van der Waals surface area contributed by atoms with Crippen LogP contribution in [0.1, 0.15) is 0 Å². The van der Waals surface area contributed by atoms with Crippen molar-refractivity contribution in [2.75, 3.05) is 0 Å². The molecule has 0 aliphatic rings. The van der Waals surface area contributed by atoms with Crippen LogP contribution in [0.25, 0.3) is 0 Å². The summed E-state index contributed by atoms with van der Waals surface area (Å²) < 4.78 is 0.